The first-order valence-electron chi connectivity index (χ1n) is 8.15. The third kappa shape index (κ3) is 3.06. The maximum Gasteiger partial charge on any atom is 0.0445 e. The largest absolute Gasteiger partial charge is 0.371 e. The number of anilines is 1. The van der Waals surface area contributed by atoms with Crippen LogP contribution in [-0.2, 0) is 0 Å². The van der Waals surface area contributed by atoms with Crippen LogP contribution >= 0.6 is 0 Å². The van der Waals surface area contributed by atoms with Gasteiger partial charge in [0.25, 0.3) is 0 Å². The molecule has 0 saturated carbocycles. The van der Waals surface area contributed by atoms with Crippen LogP contribution in [0.1, 0.15) is 26.7 Å². The van der Waals surface area contributed by atoms with Gasteiger partial charge in [-0.25, -0.2) is 0 Å². The van der Waals surface area contributed by atoms with Gasteiger partial charge in [-0.1, -0.05) is 43.3 Å². The predicted molar refractivity (Wildman–Crippen MR) is 92.0 cm³/mol. The predicted octanol–water partition coefficient (Wildman–Crippen LogP) is 4.06. The van der Waals surface area contributed by atoms with Gasteiger partial charge in [-0.2, -0.15) is 0 Å². The molecule has 2 aromatic rings. The number of benzene rings is 2. The third-order valence-corrected chi connectivity index (χ3v) is 4.87. The molecule has 2 aromatic carbocycles. The summed E-state index contributed by atoms with van der Waals surface area (Å²) in [5.41, 5.74) is 1.81. The molecule has 1 aliphatic rings. The van der Waals surface area contributed by atoms with Crippen molar-refractivity contribution >= 4 is 16.5 Å². The summed E-state index contributed by atoms with van der Waals surface area (Å²) in [6.07, 6.45) is 2.54. The van der Waals surface area contributed by atoms with Gasteiger partial charge in [0.2, 0.25) is 0 Å². The Hall–Kier alpha value is -1.54. The van der Waals surface area contributed by atoms with Crippen molar-refractivity contribution in [2.45, 2.75) is 26.7 Å². The van der Waals surface area contributed by atoms with Crippen LogP contribution in [0.3, 0.4) is 0 Å². The van der Waals surface area contributed by atoms with Crippen molar-refractivity contribution in [3.8, 4) is 0 Å². The second kappa shape index (κ2) is 6.07. The molecule has 0 spiro atoms. The van der Waals surface area contributed by atoms with E-state index >= 15 is 0 Å². The molecule has 0 amide bonds. The highest BCUT2D eigenvalue weighted by molar-refractivity contribution is 5.94. The van der Waals surface area contributed by atoms with Crippen LogP contribution in [0, 0.1) is 5.41 Å². The molecular formula is C19H26N2. The molecule has 3 rings (SSSR count). The standard InChI is InChI=1S/C19H26N2/c1-3-21(15-19(2)11-13-20-14-12-19)18-10-6-8-16-7-4-5-9-17(16)18/h4-10,20H,3,11-15H2,1-2H3. The van der Waals surface area contributed by atoms with E-state index in [-0.39, 0.29) is 0 Å². The lowest BCUT2D eigenvalue weighted by molar-refractivity contribution is 0.235. The molecule has 21 heavy (non-hydrogen) atoms. The highest BCUT2D eigenvalue weighted by Crippen LogP contribution is 2.33. The maximum atomic E-state index is 3.48. The summed E-state index contributed by atoms with van der Waals surface area (Å²) >= 11 is 0. The first kappa shape index (κ1) is 14.4. The van der Waals surface area contributed by atoms with Crippen LogP contribution in [0.4, 0.5) is 5.69 Å². The fraction of sp³-hybridized carbons (Fsp3) is 0.474. The molecule has 2 nitrogen and oxygen atoms in total. The molecule has 1 saturated heterocycles. The van der Waals surface area contributed by atoms with Crippen molar-refractivity contribution in [2.24, 2.45) is 5.41 Å². The smallest absolute Gasteiger partial charge is 0.0445 e. The molecule has 112 valence electrons. The Morgan fingerprint density at radius 2 is 1.76 bits per heavy atom. The van der Waals surface area contributed by atoms with E-state index in [1.807, 2.05) is 0 Å². The molecule has 0 bridgehead atoms. The normalized spacial score (nSPS) is 17.8. The molecule has 0 atom stereocenters. The molecule has 1 fully saturated rings. The second-order valence-electron chi connectivity index (χ2n) is 6.57. The molecule has 0 radical (unpaired) electrons. The third-order valence-electron chi connectivity index (χ3n) is 4.87. The van der Waals surface area contributed by atoms with E-state index in [1.54, 1.807) is 0 Å². The van der Waals surface area contributed by atoms with E-state index in [4.69, 9.17) is 0 Å². The zero-order valence-corrected chi connectivity index (χ0v) is 13.2. The zero-order valence-electron chi connectivity index (χ0n) is 13.2. The summed E-state index contributed by atoms with van der Waals surface area (Å²) in [5.74, 6) is 0. The van der Waals surface area contributed by atoms with E-state index in [2.05, 4.69) is 66.5 Å². The van der Waals surface area contributed by atoms with Gasteiger partial charge in [0.05, 0.1) is 0 Å². The molecular weight excluding hydrogens is 256 g/mol. The summed E-state index contributed by atoms with van der Waals surface area (Å²) in [5, 5.41) is 6.19. The summed E-state index contributed by atoms with van der Waals surface area (Å²) < 4.78 is 0. The van der Waals surface area contributed by atoms with Gasteiger partial charge in [-0.15, -0.1) is 0 Å². The number of rotatable bonds is 4. The van der Waals surface area contributed by atoms with Gasteiger partial charge in [-0.3, -0.25) is 0 Å². The average Bonchev–Trinajstić information content (AvgIpc) is 2.53. The van der Waals surface area contributed by atoms with Crippen LogP contribution in [0.5, 0.6) is 0 Å². The van der Waals surface area contributed by atoms with Gasteiger partial charge in [-0.05, 0) is 49.7 Å². The SMILES string of the molecule is CCN(CC1(C)CCNCC1)c1cccc2ccccc12. The van der Waals surface area contributed by atoms with Gasteiger partial charge >= 0.3 is 0 Å². The zero-order chi connectivity index (χ0) is 14.7. The van der Waals surface area contributed by atoms with Crippen LogP contribution < -0.4 is 10.2 Å². The van der Waals surface area contributed by atoms with Crippen LogP contribution in [0.25, 0.3) is 10.8 Å². The topological polar surface area (TPSA) is 15.3 Å². The Morgan fingerprint density at radius 3 is 2.52 bits per heavy atom. The highest BCUT2D eigenvalue weighted by Gasteiger charge is 2.29. The van der Waals surface area contributed by atoms with Gasteiger partial charge in [0.15, 0.2) is 0 Å². The number of hydrogen-bond donors (Lipinski definition) is 1. The van der Waals surface area contributed by atoms with Gasteiger partial charge in [0, 0.05) is 24.2 Å². The highest BCUT2D eigenvalue weighted by atomic mass is 15.1. The number of nitrogens with zero attached hydrogens (tertiary/aromatic N) is 1. The summed E-state index contributed by atoms with van der Waals surface area (Å²) in [7, 11) is 0. The molecule has 2 heteroatoms. The average molecular weight is 282 g/mol. The Morgan fingerprint density at radius 1 is 1.05 bits per heavy atom. The molecule has 0 aliphatic carbocycles. The minimum absolute atomic E-state index is 0.429. The van der Waals surface area contributed by atoms with Gasteiger partial charge < -0.3 is 10.2 Å². The Bertz CT molecular complexity index is 594. The van der Waals surface area contributed by atoms with Crippen LogP contribution in [0.15, 0.2) is 42.5 Å². The number of piperidine rings is 1. The van der Waals surface area contributed by atoms with E-state index in [0.29, 0.717) is 5.41 Å². The Kier molecular flexibility index (Phi) is 4.16. The molecule has 1 N–H and O–H groups in total. The van der Waals surface area contributed by atoms with E-state index in [1.165, 1.54) is 29.3 Å². The lowest BCUT2D eigenvalue weighted by atomic mass is 9.80. The lowest BCUT2D eigenvalue weighted by Gasteiger charge is -2.39. The molecule has 1 heterocycles. The first-order valence-corrected chi connectivity index (χ1v) is 8.15. The van der Waals surface area contributed by atoms with Crippen molar-refractivity contribution in [3.63, 3.8) is 0 Å². The fourth-order valence-electron chi connectivity index (χ4n) is 3.50. The maximum absolute atomic E-state index is 3.48. The van der Waals surface area contributed by atoms with E-state index in [9.17, 15) is 0 Å². The monoisotopic (exact) mass is 282 g/mol. The number of fused-ring (bicyclic) bond motifs is 1. The molecule has 0 unspecified atom stereocenters. The summed E-state index contributed by atoms with van der Waals surface area (Å²) in [6, 6.07) is 15.4. The van der Waals surface area contributed by atoms with E-state index < -0.39 is 0 Å². The van der Waals surface area contributed by atoms with Crippen molar-refractivity contribution in [1.29, 1.82) is 0 Å². The minimum atomic E-state index is 0.429. The first-order chi connectivity index (χ1) is 10.2. The minimum Gasteiger partial charge on any atom is -0.371 e. The Labute approximate surface area is 128 Å². The quantitative estimate of drug-likeness (QED) is 0.910. The fourth-order valence-corrected chi connectivity index (χ4v) is 3.50. The van der Waals surface area contributed by atoms with Crippen molar-refractivity contribution < 1.29 is 0 Å². The lowest BCUT2D eigenvalue weighted by Crippen LogP contribution is -2.43. The van der Waals surface area contributed by atoms with Crippen molar-refractivity contribution in [3.05, 3.63) is 42.5 Å². The summed E-state index contributed by atoms with van der Waals surface area (Å²) in [6.45, 7) is 9.25. The van der Waals surface area contributed by atoms with Crippen molar-refractivity contribution in [2.75, 3.05) is 31.1 Å². The molecule has 1 aliphatic heterocycles. The second-order valence-corrected chi connectivity index (χ2v) is 6.57. The summed E-state index contributed by atoms with van der Waals surface area (Å²) in [4.78, 5) is 2.56. The van der Waals surface area contributed by atoms with Crippen molar-refractivity contribution in [1.82, 2.24) is 5.32 Å². The van der Waals surface area contributed by atoms with Gasteiger partial charge in [0.1, 0.15) is 0 Å². The van der Waals surface area contributed by atoms with E-state index in [0.717, 1.165) is 26.2 Å². The Balaban J connectivity index is 1.91. The molecule has 0 aromatic heterocycles. The van der Waals surface area contributed by atoms with Crippen LogP contribution in [-0.4, -0.2) is 26.2 Å². The number of nitrogens with one attached hydrogen (secondary N) is 1. The van der Waals surface area contributed by atoms with Crippen LogP contribution in [0.2, 0.25) is 0 Å². The number of hydrogen-bond acceptors (Lipinski definition) is 2.